The summed E-state index contributed by atoms with van der Waals surface area (Å²) in [6, 6.07) is 0.544. The molecular weight excluding hydrogens is 234 g/mol. The number of aromatic nitrogens is 2. The highest BCUT2D eigenvalue weighted by molar-refractivity contribution is 6.31. The maximum Gasteiger partial charge on any atom is 0.0847 e. The van der Waals surface area contributed by atoms with Crippen molar-refractivity contribution in [2.75, 3.05) is 7.05 Å². The standard InChI is InChI=1S/C13H24ClN3/c1-6-17-12(13(14)11(4)16-17)8-9(2)7-10(3)15-5/h9-10,15H,6-8H2,1-5H3. The molecule has 3 nitrogen and oxygen atoms in total. The Morgan fingerprint density at radius 2 is 2.06 bits per heavy atom. The van der Waals surface area contributed by atoms with Crippen molar-refractivity contribution < 1.29 is 0 Å². The third kappa shape index (κ3) is 3.71. The lowest BCUT2D eigenvalue weighted by Crippen LogP contribution is -2.24. The van der Waals surface area contributed by atoms with Crippen molar-refractivity contribution in [1.29, 1.82) is 0 Å². The maximum atomic E-state index is 6.31. The van der Waals surface area contributed by atoms with E-state index in [1.54, 1.807) is 0 Å². The van der Waals surface area contributed by atoms with Crippen LogP contribution in [0.15, 0.2) is 0 Å². The molecule has 1 aromatic rings. The molecule has 1 rings (SSSR count). The molecule has 0 aliphatic rings. The quantitative estimate of drug-likeness (QED) is 0.849. The van der Waals surface area contributed by atoms with Crippen molar-refractivity contribution in [2.45, 2.75) is 53.1 Å². The lowest BCUT2D eigenvalue weighted by Gasteiger charge is -2.17. The van der Waals surface area contributed by atoms with Gasteiger partial charge in [-0.1, -0.05) is 18.5 Å². The Hall–Kier alpha value is -0.540. The third-order valence-corrected chi connectivity index (χ3v) is 3.74. The lowest BCUT2D eigenvalue weighted by atomic mass is 9.97. The van der Waals surface area contributed by atoms with Gasteiger partial charge >= 0.3 is 0 Å². The molecule has 0 aromatic carbocycles. The molecule has 2 atom stereocenters. The average molecular weight is 258 g/mol. The first-order chi connectivity index (χ1) is 7.99. The summed E-state index contributed by atoms with van der Waals surface area (Å²) >= 11 is 6.31. The van der Waals surface area contributed by atoms with E-state index in [9.17, 15) is 0 Å². The van der Waals surface area contributed by atoms with E-state index in [0.29, 0.717) is 12.0 Å². The van der Waals surface area contributed by atoms with E-state index in [-0.39, 0.29) is 0 Å². The van der Waals surface area contributed by atoms with Gasteiger partial charge in [0.2, 0.25) is 0 Å². The van der Waals surface area contributed by atoms with Gasteiger partial charge in [0, 0.05) is 12.6 Å². The number of hydrogen-bond acceptors (Lipinski definition) is 2. The maximum absolute atomic E-state index is 6.31. The number of nitrogens with one attached hydrogen (secondary N) is 1. The van der Waals surface area contributed by atoms with Gasteiger partial charge < -0.3 is 5.32 Å². The molecule has 0 saturated heterocycles. The van der Waals surface area contributed by atoms with Gasteiger partial charge in [-0.15, -0.1) is 0 Å². The zero-order valence-electron chi connectivity index (χ0n) is 11.5. The van der Waals surface area contributed by atoms with Gasteiger partial charge in [0.1, 0.15) is 0 Å². The van der Waals surface area contributed by atoms with Crippen LogP contribution in [-0.4, -0.2) is 22.9 Å². The van der Waals surface area contributed by atoms with Crippen molar-refractivity contribution in [3.05, 3.63) is 16.4 Å². The van der Waals surface area contributed by atoms with Crippen LogP contribution in [0.5, 0.6) is 0 Å². The second kappa shape index (κ2) is 6.41. The number of hydrogen-bond donors (Lipinski definition) is 1. The van der Waals surface area contributed by atoms with Crippen molar-refractivity contribution in [1.82, 2.24) is 15.1 Å². The summed E-state index contributed by atoms with van der Waals surface area (Å²) in [6.45, 7) is 9.44. The Morgan fingerprint density at radius 1 is 1.41 bits per heavy atom. The molecule has 98 valence electrons. The molecule has 4 heteroatoms. The van der Waals surface area contributed by atoms with E-state index in [0.717, 1.165) is 30.1 Å². The van der Waals surface area contributed by atoms with Crippen molar-refractivity contribution in [2.24, 2.45) is 5.92 Å². The van der Waals surface area contributed by atoms with Crippen LogP contribution in [0.3, 0.4) is 0 Å². The van der Waals surface area contributed by atoms with E-state index in [1.165, 1.54) is 5.69 Å². The summed E-state index contributed by atoms with van der Waals surface area (Å²) in [4.78, 5) is 0. The van der Waals surface area contributed by atoms with Crippen LogP contribution in [0.4, 0.5) is 0 Å². The molecule has 0 aliphatic heterocycles. The van der Waals surface area contributed by atoms with Gasteiger partial charge in [-0.05, 0) is 46.6 Å². The predicted molar refractivity (Wildman–Crippen MR) is 73.7 cm³/mol. The van der Waals surface area contributed by atoms with Crippen molar-refractivity contribution in [3.8, 4) is 0 Å². The van der Waals surface area contributed by atoms with Gasteiger partial charge in [-0.2, -0.15) is 5.10 Å². The SMILES string of the molecule is CCn1nc(C)c(Cl)c1CC(C)CC(C)NC. The molecule has 17 heavy (non-hydrogen) atoms. The Morgan fingerprint density at radius 3 is 2.59 bits per heavy atom. The zero-order valence-corrected chi connectivity index (χ0v) is 12.3. The van der Waals surface area contributed by atoms with Crippen LogP contribution in [0, 0.1) is 12.8 Å². The summed E-state index contributed by atoms with van der Waals surface area (Å²) in [7, 11) is 2.00. The minimum atomic E-state index is 0.544. The second-order valence-electron chi connectivity index (χ2n) is 4.90. The Balaban J connectivity index is 2.73. The fourth-order valence-corrected chi connectivity index (χ4v) is 2.41. The van der Waals surface area contributed by atoms with E-state index in [1.807, 2.05) is 18.7 Å². The van der Waals surface area contributed by atoms with Crippen LogP contribution >= 0.6 is 11.6 Å². The summed E-state index contributed by atoms with van der Waals surface area (Å²) in [5, 5.41) is 8.57. The normalized spacial score (nSPS) is 14.9. The number of nitrogens with zero attached hydrogens (tertiary/aromatic N) is 2. The highest BCUT2D eigenvalue weighted by Crippen LogP contribution is 2.24. The molecule has 1 heterocycles. The van der Waals surface area contributed by atoms with Crippen LogP contribution in [0.2, 0.25) is 5.02 Å². The van der Waals surface area contributed by atoms with Gasteiger partial charge in [0.05, 0.1) is 16.4 Å². The van der Waals surface area contributed by atoms with E-state index in [4.69, 9.17) is 11.6 Å². The molecule has 1 aromatic heterocycles. The molecular formula is C13H24ClN3. The number of rotatable bonds is 6. The highest BCUT2D eigenvalue weighted by atomic mass is 35.5. The molecule has 0 bridgehead atoms. The number of aryl methyl sites for hydroxylation is 2. The van der Waals surface area contributed by atoms with E-state index < -0.39 is 0 Å². The minimum Gasteiger partial charge on any atom is -0.317 e. The Labute approximate surface area is 110 Å². The first-order valence-corrected chi connectivity index (χ1v) is 6.76. The molecule has 1 N–H and O–H groups in total. The van der Waals surface area contributed by atoms with Crippen LogP contribution < -0.4 is 5.32 Å². The topological polar surface area (TPSA) is 29.9 Å². The highest BCUT2D eigenvalue weighted by Gasteiger charge is 2.16. The van der Waals surface area contributed by atoms with E-state index in [2.05, 4.69) is 31.2 Å². The largest absolute Gasteiger partial charge is 0.317 e. The Bertz CT molecular complexity index is 360. The smallest absolute Gasteiger partial charge is 0.0847 e. The molecule has 0 fully saturated rings. The minimum absolute atomic E-state index is 0.544. The zero-order chi connectivity index (χ0) is 13.0. The number of halogens is 1. The summed E-state index contributed by atoms with van der Waals surface area (Å²) in [6.07, 6.45) is 2.15. The fourth-order valence-electron chi connectivity index (χ4n) is 2.20. The first kappa shape index (κ1) is 14.5. The summed E-state index contributed by atoms with van der Waals surface area (Å²) in [5.74, 6) is 0.608. The molecule has 0 spiro atoms. The molecule has 0 saturated carbocycles. The average Bonchev–Trinajstić information content (AvgIpc) is 2.56. The molecule has 0 aliphatic carbocycles. The second-order valence-corrected chi connectivity index (χ2v) is 5.27. The van der Waals surface area contributed by atoms with Gasteiger partial charge in [0.25, 0.3) is 0 Å². The monoisotopic (exact) mass is 257 g/mol. The van der Waals surface area contributed by atoms with Crippen molar-refractivity contribution in [3.63, 3.8) is 0 Å². The summed E-state index contributed by atoms with van der Waals surface area (Å²) < 4.78 is 2.03. The van der Waals surface area contributed by atoms with Gasteiger partial charge in [0.15, 0.2) is 0 Å². The van der Waals surface area contributed by atoms with Gasteiger partial charge in [-0.25, -0.2) is 0 Å². The van der Waals surface area contributed by atoms with E-state index >= 15 is 0 Å². The van der Waals surface area contributed by atoms with Crippen LogP contribution in [0.1, 0.15) is 38.6 Å². The van der Waals surface area contributed by atoms with Crippen LogP contribution in [0.25, 0.3) is 0 Å². The Kier molecular flexibility index (Phi) is 5.47. The first-order valence-electron chi connectivity index (χ1n) is 6.38. The lowest BCUT2D eigenvalue weighted by molar-refractivity contribution is 0.428. The van der Waals surface area contributed by atoms with Crippen LogP contribution in [-0.2, 0) is 13.0 Å². The summed E-state index contributed by atoms with van der Waals surface area (Å²) in [5.41, 5.74) is 2.12. The predicted octanol–water partition coefficient (Wildman–Crippen LogP) is 3.04. The van der Waals surface area contributed by atoms with Crippen molar-refractivity contribution >= 4 is 11.6 Å². The third-order valence-electron chi connectivity index (χ3n) is 3.24. The van der Waals surface area contributed by atoms with Gasteiger partial charge in [-0.3, -0.25) is 4.68 Å². The molecule has 0 radical (unpaired) electrons. The molecule has 2 unspecified atom stereocenters. The molecule has 0 amide bonds. The fraction of sp³-hybridized carbons (Fsp3) is 0.769.